The third-order valence-corrected chi connectivity index (χ3v) is 1.70. The van der Waals surface area contributed by atoms with E-state index in [9.17, 15) is 0 Å². The van der Waals surface area contributed by atoms with Crippen molar-refractivity contribution >= 4 is 23.1 Å². The molecule has 0 aromatic carbocycles. The second-order valence-electron chi connectivity index (χ2n) is 2.36. The van der Waals surface area contributed by atoms with Gasteiger partial charge in [-0.25, -0.2) is 0 Å². The minimum Gasteiger partial charge on any atom is -0.367 e. The van der Waals surface area contributed by atoms with Crippen LogP contribution >= 0.6 is 11.6 Å². The Morgan fingerprint density at radius 3 is 3.23 bits per heavy atom. The molecule has 68 valence electrons. The van der Waals surface area contributed by atoms with Crippen molar-refractivity contribution in [3.63, 3.8) is 0 Å². The van der Waals surface area contributed by atoms with Crippen LogP contribution in [0, 0.1) is 0 Å². The van der Waals surface area contributed by atoms with Crippen molar-refractivity contribution in [1.82, 2.24) is 25.0 Å². The van der Waals surface area contributed by atoms with Gasteiger partial charge in [-0.3, -0.25) is 4.98 Å². The molecule has 13 heavy (non-hydrogen) atoms. The highest BCUT2D eigenvalue weighted by Crippen LogP contribution is 2.04. The summed E-state index contributed by atoms with van der Waals surface area (Å²) in [6.07, 6.45) is 3.24. The molecule has 1 N–H and O–H groups in total. The minimum absolute atomic E-state index is 0.526. The molecule has 0 radical (unpaired) electrons. The quantitative estimate of drug-likeness (QED) is 0.713. The van der Waals surface area contributed by atoms with E-state index in [0.29, 0.717) is 18.1 Å². The third-order valence-electron chi connectivity index (χ3n) is 1.51. The Labute approximate surface area is 78.9 Å². The van der Waals surface area contributed by atoms with Gasteiger partial charge in [0.25, 0.3) is 0 Å². The van der Waals surface area contributed by atoms with Gasteiger partial charge in [-0.1, -0.05) is 0 Å². The van der Waals surface area contributed by atoms with Gasteiger partial charge >= 0.3 is 0 Å². The minimum atomic E-state index is 0.526. The highest BCUT2D eigenvalue weighted by atomic mass is 35.5. The molecule has 0 unspecified atom stereocenters. The normalized spacial score (nSPS) is 10.5. The van der Waals surface area contributed by atoms with Crippen LogP contribution in [0.15, 0.2) is 12.4 Å². The summed E-state index contributed by atoms with van der Waals surface area (Å²) in [4.78, 5) is 3.97. The van der Waals surface area contributed by atoms with E-state index in [-0.39, 0.29) is 0 Å². The number of rotatable bonds is 3. The van der Waals surface area contributed by atoms with Crippen molar-refractivity contribution in [3.05, 3.63) is 12.4 Å². The van der Waals surface area contributed by atoms with Crippen LogP contribution in [0.1, 0.15) is 0 Å². The van der Waals surface area contributed by atoms with Gasteiger partial charge in [-0.15, -0.1) is 16.7 Å². The summed E-state index contributed by atoms with van der Waals surface area (Å²) in [5, 5.41) is 14.1. The Hall–Kier alpha value is -1.43. The molecule has 6 nitrogen and oxygen atoms in total. The zero-order valence-electron chi connectivity index (χ0n) is 6.68. The zero-order chi connectivity index (χ0) is 9.10. The Kier molecular flexibility index (Phi) is 2.22. The van der Waals surface area contributed by atoms with E-state index < -0.39 is 0 Å². The largest absolute Gasteiger partial charge is 0.367 e. The van der Waals surface area contributed by atoms with Gasteiger partial charge in [0.05, 0.1) is 12.4 Å². The third kappa shape index (κ3) is 1.52. The lowest BCUT2D eigenvalue weighted by atomic mass is 10.6. The molecule has 0 aliphatic rings. The van der Waals surface area contributed by atoms with Crippen LogP contribution in [0.25, 0.3) is 5.65 Å². The van der Waals surface area contributed by atoms with Gasteiger partial charge in [0.15, 0.2) is 5.65 Å². The number of nitrogens with one attached hydrogen (secondary N) is 1. The maximum atomic E-state index is 5.53. The Morgan fingerprint density at radius 1 is 1.46 bits per heavy atom. The van der Waals surface area contributed by atoms with Gasteiger partial charge in [0.1, 0.15) is 5.82 Å². The first kappa shape index (κ1) is 8.18. The SMILES string of the molecule is ClCCNc1cncc2nnnn12. The Morgan fingerprint density at radius 2 is 2.38 bits per heavy atom. The Balaban J connectivity index is 2.37. The number of fused-ring (bicyclic) bond motifs is 1. The maximum Gasteiger partial charge on any atom is 0.199 e. The summed E-state index contributed by atoms with van der Waals surface area (Å²) in [6, 6.07) is 0. The van der Waals surface area contributed by atoms with Gasteiger partial charge in [0.2, 0.25) is 0 Å². The van der Waals surface area contributed by atoms with E-state index in [1.165, 1.54) is 0 Å². The number of aromatic nitrogens is 5. The van der Waals surface area contributed by atoms with Crippen LogP contribution in [0.2, 0.25) is 0 Å². The fourth-order valence-corrected chi connectivity index (χ4v) is 1.07. The molecule has 0 aliphatic carbocycles. The smallest absolute Gasteiger partial charge is 0.199 e. The molecule has 0 spiro atoms. The predicted octanol–water partition coefficient (Wildman–Crippen LogP) is 0.170. The summed E-state index contributed by atoms with van der Waals surface area (Å²) >= 11 is 5.53. The van der Waals surface area contributed by atoms with Crippen molar-refractivity contribution in [3.8, 4) is 0 Å². The first-order valence-corrected chi connectivity index (χ1v) is 4.27. The number of anilines is 1. The molecule has 2 heterocycles. The summed E-state index contributed by atoms with van der Waals surface area (Å²) in [6.45, 7) is 0.655. The average Bonchev–Trinajstić information content (AvgIpc) is 2.62. The number of hydrogen-bond acceptors (Lipinski definition) is 5. The molecule has 0 amide bonds. The van der Waals surface area contributed by atoms with Gasteiger partial charge in [0, 0.05) is 12.4 Å². The second-order valence-corrected chi connectivity index (χ2v) is 2.74. The molecule has 0 bridgehead atoms. The average molecular weight is 199 g/mol. The van der Waals surface area contributed by atoms with Crippen LogP contribution in [-0.2, 0) is 0 Å². The molecule has 7 heteroatoms. The van der Waals surface area contributed by atoms with Crippen molar-refractivity contribution in [2.45, 2.75) is 0 Å². The van der Waals surface area contributed by atoms with Crippen LogP contribution in [0.3, 0.4) is 0 Å². The van der Waals surface area contributed by atoms with Gasteiger partial charge < -0.3 is 5.32 Å². The summed E-state index contributed by atoms with van der Waals surface area (Å²) in [5.41, 5.74) is 0.611. The number of hydrogen-bond donors (Lipinski definition) is 1. The Bertz CT molecular complexity index is 399. The molecular weight excluding hydrogens is 192 g/mol. The maximum absolute atomic E-state index is 5.53. The summed E-state index contributed by atoms with van der Waals surface area (Å²) in [5.74, 6) is 1.27. The van der Waals surface area contributed by atoms with E-state index >= 15 is 0 Å². The number of alkyl halides is 1. The lowest BCUT2D eigenvalue weighted by Gasteiger charge is -2.03. The van der Waals surface area contributed by atoms with Gasteiger partial charge in [-0.2, -0.15) is 4.52 Å². The van der Waals surface area contributed by atoms with Crippen molar-refractivity contribution in [1.29, 1.82) is 0 Å². The first-order valence-electron chi connectivity index (χ1n) is 3.74. The first-order chi connectivity index (χ1) is 6.42. The van der Waals surface area contributed by atoms with Crippen LogP contribution < -0.4 is 5.32 Å². The number of nitrogens with zero attached hydrogens (tertiary/aromatic N) is 5. The second kappa shape index (κ2) is 3.53. The fraction of sp³-hybridized carbons (Fsp3) is 0.333. The standard InChI is InChI=1S/C6H7ClN6/c7-1-2-9-5-3-8-4-6-10-11-12-13(5)6/h3-4,9H,1-2H2. The molecule has 2 aromatic rings. The van der Waals surface area contributed by atoms with Gasteiger partial charge in [-0.05, 0) is 10.4 Å². The molecule has 0 saturated carbocycles. The lowest BCUT2D eigenvalue weighted by molar-refractivity contribution is 0.821. The van der Waals surface area contributed by atoms with Crippen molar-refractivity contribution in [2.75, 3.05) is 17.7 Å². The summed E-state index contributed by atoms with van der Waals surface area (Å²) in [7, 11) is 0. The molecule has 0 atom stereocenters. The van der Waals surface area contributed by atoms with Crippen LogP contribution in [0.5, 0.6) is 0 Å². The van der Waals surface area contributed by atoms with Crippen molar-refractivity contribution < 1.29 is 0 Å². The van der Waals surface area contributed by atoms with E-state index in [4.69, 9.17) is 11.6 Å². The number of tetrazole rings is 1. The van der Waals surface area contributed by atoms with E-state index in [1.54, 1.807) is 16.9 Å². The van der Waals surface area contributed by atoms with E-state index in [1.807, 2.05) is 0 Å². The molecule has 0 aliphatic heterocycles. The molecule has 0 fully saturated rings. The predicted molar refractivity (Wildman–Crippen MR) is 47.8 cm³/mol. The number of halogens is 1. The summed E-state index contributed by atoms with van der Waals surface area (Å²) < 4.78 is 1.57. The zero-order valence-corrected chi connectivity index (χ0v) is 7.44. The fourth-order valence-electron chi connectivity index (χ4n) is 0.971. The highest BCUT2D eigenvalue weighted by Gasteiger charge is 2.01. The molecule has 0 saturated heterocycles. The van der Waals surface area contributed by atoms with E-state index in [0.717, 1.165) is 5.82 Å². The molecule has 2 rings (SSSR count). The monoisotopic (exact) mass is 198 g/mol. The van der Waals surface area contributed by atoms with E-state index in [2.05, 4.69) is 25.8 Å². The lowest BCUT2D eigenvalue weighted by Crippen LogP contribution is -2.07. The molecular formula is C6H7ClN6. The topological polar surface area (TPSA) is 68.0 Å². The van der Waals surface area contributed by atoms with Crippen molar-refractivity contribution in [2.24, 2.45) is 0 Å². The highest BCUT2D eigenvalue weighted by molar-refractivity contribution is 6.18. The van der Waals surface area contributed by atoms with Crippen LogP contribution in [0.4, 0.5) is 5.82 Å². The van der Waals surface area contributed by atoms with Crippen LogP contribution in [-0.4, -0.2) is 37.4 Å². The molecule has 2 aromatic heterocycles.